The average Bonchev–Trinajstić information content (AvgIpc) is 3.40. The first-order valence-corrected chi connectivity index (χ1v) is 10.4. The number of methoxy groups -OCH3 is 1. The highest BCUT2D eigenvalue weighted by Crippen LogP contribution is 2.37. The van der Waals surface area contributed by atoms with E-state index in [9.17, 15) is 4.79 Å². The molecule has 0 N–H and O–H groups in total. The van der Waals surface area contributed by atoms with Gasteiger partial charge in [0, 0.05) is 12.0 Å². The van der Waals surface area contributed by atoms with Gasteiger partial charge in [0.25, 0.3) is 5.91 Å². The minimum atomic E-state index is -0.104. The van der Waals surface area contributed by atoms with Gasteiger partial charge < -0.3 is 4.74 Å². The van der Waals surface area contributed by atoms with Crippen molar-refractivity contribution in [1.29, 1.82) is 0 Å². The van der Waals surface area contributed by atoms with Crippen LogP contribution < -0.4 is 4.74 Å². The number of benzene rings is 3. The molecule has 0 saturated heterocycles. The molecule has 1 unspecified atom stereocenters. The highest BCUT2D eigenvalue weighted by atomic mass is 32.2. The Morgan fingerprint density at radius 2 is 1.83 bits per heavy atom. The van der Waals surface area contributed by atoms with Gasteiger partial charge in [-0.3, -0.25) is 4.79 Å². The zero-order valence-electron chi connectivity index (χ0n) is 15.9. The number of amidine groups is 1. The zero-order valence-corrected chi connectivity index (χ0v) is 16.7. The van der Waals surface area contributed by atoms with Crippen LogP contribution in [0.3, 0.4) is 0 Å². The van der Waals surface area contributed by atoms with E-state index in [0.717, 1.165) is 29.0 Å². The maximum absolute atomic E-state index is 11.8. The van der Waals surface area contributed by atoms with E-state index in [-0.39, 0.29) is 11.9 Å². The molecular formula is C23H19N3O2S. The molecule has 1 atom stereocenters. The smallest absolute Gasteiger partial charge is 0.258 e. The van der Waals surface area contributed by atoms with Crippen molar-refractivity contribution in [2.45, 2.75) is 12.5 Å². The van der Waals surface area contributed by atoms with Crippen molar-refractivity contribution in [2.24, 2.45) is 10.1 Å². The van der Waals surface area contributed by atoms with Crippen LogP contribution >= 0.6 is 11.8 Å². The number of ether oxygens (including phenoxy) is 1. The number of fused-ring (bicyclic) bond motifs is 1. The second-order valence-electron chi connectivity index (χ2n) is 6.99. The Kier molecular flexibility index (Phi) is 4.56. The Morgan fingerprint density at radius 1 is 1.03 bits per heavy atom. The van der Waals surface area contributed by atoms with Gasteiger partial charge in [-0.25, -0.2) is 5.01 Å². The van der Waals surface area contributed by atoms with Crippen molar-refractivity contribution < 1.29 is 9.53 Å². The third kappa shape index (κ3) is 3.29. The van der Waals surface area contributed by atoms with Crippen LogP contribution in [0, 0.1) is 0 Å². The highest BCUT2D eigenvalue weighted by Gasteiger charge is 2.35. The van der Waals surface area contributed by atoms with Crippen molar-refractivity contribution in [3.05, 3.63) is 77.9 Å². The number of thioether (sulfide) groups is 1. The number of carbonyl (C=O) groups excluding carboxylic acids is 1. The topological polar surface area (TPSA) is 54.3 Å². The molecule has 0 aromatic heterocycles. The fraction of sp³-hybridized carbons (Fsp3) is 0.174. The van der Waals surface area contributed by atoms with Crippen molar-refractivity contribution in [2.75, 3.05) is 12.9 Å². The molecule has 0 radical (unpaired) electrons. The van der Waals surface area contributed by atoms with Crippen LogP contribution in [0.5, 0.6) is 5.75 Å². The molecule has 2 aliphatic rings. The van der Waals surface area contributed by atoms with E-state index in [4.69, 9.17) is 9.84 Å². The summed E-state index contributed by atoms with van der Waals surface area (Å²) in [7, 11) is 1.66. The van der Waals surface area contributed by atoms with Gasteiger partial charge in [0.05, 0.1) is 24.6 Å². The Labute approximate surface area is 173 Å². The molecule has 2 heterocycles. The van der Waals surface area contributed by atoms with Gasteiger partial charge in [0.2, 0.25) is 0 Å². The maximum Gasteiger partial charge on any atom is 0.258 e. The van der Waals surface area contributed by atoms with Crippen molar-refractivity contribution >= 4 is 39.3 Å². The van der Waals surface area contributed by atoms with Crippen molar-refractivity contribution in [1.82, 2.24) is 5.01 Å². The summed E-state index contributed by atoms with van der Waals surface area (Å²) in [4.78, 5) is 16.0. The summed E-state index contributed by atoms with van der Waals surface area (Å²) < 4.78 is 5.30. The van der Waals surface area contributed by atoms with Crippen LogP contribution in [-0.4, -0.2) is 34.7 Å². The van der Waals surface area contributed by atoms with Crippen LogP contribution in [0.4, 0.5) is 0 Å². The molecule has 0 fully saturated rings. The van der Waals surface area contributed by atoms with Crippen LogP contribution in [0.1, 0.15) is 23.6 Å². The predicted molar refractivity (Wildman–Crippen MR) is 118 cm³/mol. The fourth-order valence-electron chi connectivity index (χ4n) is 3.83. The summed E-state index contributed by atoms with van der Waals surface area (Å²) in [6.07, 6.45) is 0.744. The Hall–Kier alpha value is -3.12. The maximum atomic E-state index is 11.8. The molecule has 5 rings (SSSR count). The van der Waals surface area contributed by atoms with Gasteiger partial charge in [-0.05, 0) is 28.5 Å². The fourth-order valence-corrected chi connectivity index (χ4v) is 4.61. The molecule has 0 bridgehead atoms. The number of hydrogen-bond acceptors (Lipinski definition) is 5. The van der Waals surface area contributed by atoms with Gasteiger partial charge in [-0.2, -0.15) is 10.1 Å². The quantitative estimate of drug-likeness (QED) is 0.642. The third-order valence-corrected chi connectivity index (χ3v) is 6.18. The van der Waals surface area contributed by atoms with Gasteiger partial charge in [0.15, 0.2) is 5.17 Å². The van der Waals surface area contributed by atoms with Crippen LogP contribution in [0.25, 0.3) is 10.8 Å². The number of hydrogen-bond donors (Lipinski definition) is 0. The molecule has 5 nitrogen and oxygen atoms in total. The number of carbonyl (C=O) groups is 1. The summed E-state index contributed by atoms with van der Waals surface area (Å²) in [5.41, 5.74) is 3.25. The lowest BCUT2D eigenvalue weighted by Gasteiger charge is -2.22. The monoisotopic (exact) mass is 401 g/mol. The summed E-state index contributed by atoms with van der Waals surface area (Å²) in [6, 6.07) is 22.7. The molecule has 29 heavy (non-hydrogen) atoms. The molecule has 0 spiro atoms. The van der Waals surface area contributed by atoms with E-state index in [1.54, 1.807) is 7.11 Å². The molecule has 144 valence electrons. The average molecular weight is 401 g/mol. The minimum absolute atomic E-state index is 0.00738. The molecule has 3 aromatic carbocycles. The van der Waals surface area contributed by atoms with Gasteiger partial charge in [0.1, 0.15) is 5.75 Å². The van der Waals surface area contributed by atoms with E-state index < -0.39 is 0 Å². The Balaban J connectivity index is 1.58. The molecule has 0 aliphatic carbocycles. The second kappa shape index (κ2) is 7.37. The van der Waals surface area contributed by atoms with Gasteiger partial charge in [-0.15, -0.1) is 0 Å². The molecule has 2 aliphatic heterocycles. The van der Waals surface area contributed by atoms with E-state index >= 15 is 0 Å². The molecule has 1 amide bonds. The number of amides is 1. The first kappa shape index (κ1) is 17.9. The zero-order chi connectivity index (χ0) is 19.8. The molecule has 3 aromatic rings. The van der Waals surface area contributed by atoms with Crippen LogP contribution in [-0.2, 0) is 4.79 Å². The van der Waals surface area contributed by atoms with E-state index in [0.29, 0.717) is 10.9 Å². The molecule has 0 saturated carbocycles. The molecular weight excluding hydrogens is 382 g/mol. The normalized spacial score (nSPS) is 18.9. The summed E-state index contributed by atoms with van der Waals surface area (Å²) in [5.74, 6) is 1.09. The lowest BCUT2D eigenvalue weighted by atomic mass is 9.95. The van der Waals surface area contributed by atoms with Crippen molar-refractivity contribution in [3.63, 3.8) is 0 Å². The summed E-state index contributed by atoms with van der Waals surface area (Å²) in [5, 5.41) is 9.89. The first-order chi connectivity index (χ1) is 14.2. The Bertz CT molecular complexity index is 1150. The number of nitrogens with zero attached hydrogens (tertiary/aromatic N) is 3. The largest absolute Gasteiger partial charge is 0.497 e. The van der Waals surface area contributed by atoms with Crippen molar-refractivity contribution in [3.8, 4) is 5.75 Å². The lowest BCUT2D eigenvalue weighted by molar-refractivity contribution is -0.115. The second-order valence-corrected chi connectivity index (χ2v) is 7.93. The van der Waals surface area contributed by atoms with E-state index in [2.05, 4.69) is 53.5 Å². The lowest BCUT2D eigenvalue weighted by Crippen LogP contribution is -2.23. The third-order valence-electron chi connectivity index (χ3n) is 5.25. The van der Waals surface area contributed by atoms with E-state index in [1.165, 1.54) is 22.5 Å². The number of aliphatic imine (C=N–C) groups is 1. The van der Waals surface area contributed by atoms with Crippen LogP contribution in [0.2, 0.25) is 0 Å². The summed E-state index contributed by atoms with van der Waals surface area (Å²) >= 11 is 1.45. The number of hydrazone groups is 1. The summed E-state index contributed by atoms with van der Waals surface area (Å²) in [6.45, 7) is 0. The standard InChI is InChI=1S/C23H19N3O2S/c1-28-17-11-9-16(10-12-17)21-13-20(25-26(21)23-24-22(27)14-29-23)19-8-4-6-15-5-2-3-7-18(15)19/h2-12,21H,13-14H2,1H3. The predicted octanol–water partition coefficient (Wildman–Crippen LogP) is 4.63. The number of rotatable bonds is 3. The van der Waals surface area contributed by atoms with E-state index in [1.807, 2.05) is 23.2 Å². The first-order valence-electron chi connectivity index (χ1n) is 9.46. The Morgan fingerprint density at radius 3 is 2.59 bits per heavy atom. The minimum Gasteiger partial charge on any atom is -0.497 e. The van der Waals surface area contributed by atoms with Gasteiger partial charge >= 0.3 is 0 Å². The van der Waals surface area contributed by atoms with Gasteiger partial charge in [-0.1, -0.05) is 66.4 Å². The molecule has 6 heteroatoms. The van der Waals surface area contributed by atoms with Crippen LogP contribution in [0.15, 0.2) is 76.8 Å². The SMILES string of the molecule is COc1ccc(C2CC(c3cccc4ccccc34)=NN2C2=NC(=O)CS2)cc1. The highest BCUT2D eigenvalue weighted by molar-refractivity contribution is 8.14.